The van der Waals surface area contributed by atoms with Crippen LogP contribution in [-0.2, 0) is 16.1 Å². The Hall–Kier alpha value is -1.50. The van der Waals surface area contributed by atoms with Gasteiger partial charge in [-0.15, -0.1) is 11.8 Å². The van der Waals surface area contributed by atoms with Gasteiger partial charge in [0.25, 0.3) is 0 Å². The second kappa shape index (κ2) is 6.95. The first-order valence-electron chi connectivity index (χ1n) is 7.76. The van der Waals surface area contributed by atoms with Gasteiger partial charge in [-0.3, -0.25) is 9.59 Å². The number of amides is 2. The first kappa shape index (κ1) is 17.8. The highest BCUT2D eigenvalue weighted by molar-refractivity contribution is 7.99. The van der Waals surface area contributed by atoms with Gasteiger partial charge >= 0.3 is 0 Å². The lowest BCUT2D eigenvalue weighted by atomic mass is 9.91. The van der Waals surface area contributed by atoms with E-state index in [2.05, 4.69) is 10.5 Å². The number of thioether (sulfide) groups is 1. The van der Waals surface area contributed by atoms with E-state index in [0.717, 1.165) is 11.3 Å². The van der Waals surface area contributed by atoms with Crippen molar-refractivity contribution in [2.75, 3.05) is 11.6 Å². The molecule has 0 aliphatic carbocycles. The highest BCUT2D eigenvalue weighted by atomic mass is 32.2. The number of aryl methyl sites for hydroxylation is 2. The number of aromatic nitrogens is 1. The van der Waals surface area contributed by atoms with Crippen LogP contribution in [0.2, 0.25) is 0 Å². The van der Waals surface area contributed by atoms with Gasteiger partial charge in [-0.2, -0.15) is 0 Å². The molecule has 0 unspecified atom stereocenters. The van der Waals surface area contributed by atoms with E-state index in [4.69, 9.17) is 4.52 Å². The lowest BCUT2D eigenvalue weighted by Gasteiger charge is -2.26. The summed E-state index contributed by atoms with van der Waals surface area (Å²) in [5, 5.41) is 6.79. The zero-order chi connectivity index (χ0) is 17.2. The van der Waals surface area contributed by atoms with Crippen LogP contribution in [-0.4, -0.2) is 39.5 Å². The Morgan fingerprint density at radius 3 is 2.65 bits per heavy atom. The van der Waals surface area contributed by atoms with E-state index in [-0.39, 0.29) is 17.2 Å². The van der Waals surface area contributed by atoms with Crippen LogP contribution in [0.1, 0.15) is 44.2 Å². The SMILES string of the molecule is Cc1noc(C)c1CNC(=O)[C@@H]1CSCN1C(=O)CC(C)(C)C. The van der Waals surface area contributed by atoms with Crippen LogP contribution < -0.4 is 5.32 Å². The van der Waals surface area contributed by atoms with Crippen molar-refractivity contribution in [2.24, 2.45) is 5.41 Å². The summed E-state index contributed by atoms with van der Waals surface area (Å²) in [4.78, 5) is 26.6. The second-order valence-corrected chi connectivity index (χ2v) is 8.14. The lowest BCUT2D eigenvalue weighted by Crippen LogP contribution is -2.47. The third kappa shape index (κ3) is 4.50. The molecule has 0 bridgehead atoms. The number of hydrogen-bond donors (Lipinski definition) is 1. The highest BCUT2D eigenvalue weighted by Gasteiger charge is 2.35. The molecule has 1 aliphatic rings. The summed E-state index contributed by atoms with van der Waals surface area (Å²) < 4.78 is 5.10. The highest BCUT2D eigenvalue weighted by Crippen LogP contribution is 2.26. The van der Waals surface area contributed by atoms with Crippen molar-refractivity contribution in [3.63, 3.8) is 0 Å². The summed E-state index contributed by atoms with van der Waals surface area (Å²) in [6.45, 7) is 10.1. The topological polar surface area (TPSA) is 75.4 Å². The summed E-state index contributed by atoms with van der Waals surface area (Å²) in [6.07, 6.45) is 0.446. The first-order chi connectivity index (χ1) is 10.7. The molecule has 0 radical (unpaired) electrons. The average molecular weight is 339 g/mol. The molecule has 7 heteroatoms. The summed E-state index contributed by atoms with van der Waals surface area (Å²) >= 11 is 1.62. The Morgan fingerprint density at radius 1 is 1.39 bits per heavy atom. The molecule has 1 fully saturated rings. The quantitative estimate of drug-likeness (QED) is 0.910. The molecule has 2 rings (SSSR count). The van der Waals surface area contributed by atoms with E-state index in [1.54, 1.807) is 16.7 Å². The largest absolute Gasteiger partial charge is 0.361 e. The van der Waals surface area contributed by atoms with Gasteiger partial charge < -0.3 is 14.7 Å². The maximum Gasteiger partial charge on any atom is 0.243 e. The molecule has 0 aromatic carbocycles. The number of rotatable bonds is 4. The van der Waals surface area contributed by atoms with Gasteiger partial charge in [-0.1, -0.05) is 25.9 Å². The molecule has 1 aromatic heterocycles. The van der Waals surface area contributed by atoms with Crippen molar-refractivity contribution >= 4 is 23.6 Å². The molecule has 1 atom stereocenters. The molecule has 2 amide bonds. The van der Waals surface area contributed by atoms with E-state index in [1.165, 1.54) is 0 Å². The fourth-order valence-electron chi connectivity index (χ4n) is 2.51. The Labute approximate surface area is 141 Å². The summed E-state index contributed by atoms with van der Waals surface area (Å²) in [6, 6.07) is -0.393. The van der Waals surface area contributed by atoms with Gasteiger partial charge in [-0.25, -0.2) is 0 Å². The van der Waals surface area contributed by atoms with Crippen LogP contribution in [0.5, 0.6) is 0 Å². The number of nitrogens with zero attached hydrogens (tertiary/aromatic N) is 2. The molecular weight excluding hydrogens is 314 g/mol. The molecule has 1 saturated heterocycles. The fourth-order valence-corrected chi connectivity index (χ4v) is 3.69. The minimum atomic E-state index is -0.393. The molecule has 6 nitrogen and oxygen atoms in total. The number of carbonyl (C=O) groups excluding carboxylic acids is 2. The van der Waals surface area contributed by atoms with Crippen LogP contribution >= 0.6 is 11.8 Å². The van der Waals surface area contributed by atoms with Crippen molar-refractivity contribution in [2.45, 2.75) is 53.6 Å². The van der Waals surface area contributed by atoms with Crippen LogP contribution in [0.15, 0.2) is 4.52 Å². The van der Waals surface area contributed by atoms with E-state index in [1.807, 2.05) is 34.6 Å². The first-order valence-corrected chi connectivity index (χ1v) is 8.91. The maximum atomic E-state index is 12.5. The number of carbonyl (C=O) groups is 2. The van der Waals surface area contributed by atoms with Gasteiger partial charge in [0.15, 0.2) is 0 Å². The Bertz CT molecular complexity index is 572. The molecular formula is C16H25N3O3S. The Morgan fingerprint density at radius 2 is 2.09 bits per heavy atom. The standard InChI is InChI=1S/C16H25N3O3S/c1-10-12(11(2)22-18-10)7-17-15(21)13-8-23-9-19(13)14(20)6-16(3,4)5/h13H,6-9H2,1-5H3,(H,17,21)/t13-/m0/s1. The molecule has 0 spiro atoms. The molecule has 1 N–H and O–H groups in total. The van der Waals surface area contributed by atoms with Crippen LogP contribution in [0.4, 0.5) is 0 Å². The normalized spacial score (nSPS) is 18.3. The van der Waals surface area contributed by atoms with Gasteiger partial charge in [0.05, 0.1) is 11.6 Å². The predicted octanol–water partition coefficient (Wildman–Crippen LogP) is 2.25. The third-order valence-electron chi connectivity index (χ3n) is 3.81. The molecule has 0 saturated carbocycles. The van der Waals surface area contributed by atoms with Crippen molar-refractivity contribution in [3.05, 3.63) is 17.0 Å². The molecule has 23 heavy (non-hydrogen) atoms. The zero-order valence-corrected chi connectivity index (χ0v) is 15.2. The van der Waals surface area contributed by atoms with E-state index < -0.39 is 6.04 Å². The monoisotopic (exact) mass is 339 g/mol. The van der Waals surface area contributed by atoms with Crippen molar-refractivity contribution < 1.29 is 14.1 Å². The maximum absolute atomic E-state index is 12.5. The Balaban J connectivity index is 1.97. The number of nitrogens with one attached hydrogen (secondary N) is 1. The molecule has 128 valence electrons. The third-order valence-corrected chi connectivity index (χ3v) is 4.82. The summed E-state index contributed by atoms with van der Waals surface area (Å²) in [5.41, 5.74) is 1.60. The van der Waals surface area contributed by atoms with E-state index >= 15 is 0 Å². The van der Waals surface area contributed by atoms with Gasteiger partial charge in [-0.05, 0) is 19.3 Å². The predicted molar refractivity (Wildman–Crippen MR) is 89.9 cm³/mol. The average Bonchev–Trinajstić information content (AvgIpc) is 3.03. The van der Waals surface area contributed by atoms with Crippen molar-refractivity contribution in [1.82, 2.24) is 15.4 Å². The van der Waals surface area contributed by atoms with Gasteiger partial charge in [0.2, 0.25) is 11.8 Å². The second-order valence-electron chi connectivity index (χ2n) is 7.14. The molecule has 1 aromatic rings. The smallest absolute Gasteiger partial charge is 0.243 e. The van der Waals surface area contributed by atoms with Crippen molar-refractivity contribution in [3.8, 4) is 0 Å². The molecule has 2 heterocycles. The van der Waals surface area contributed by atoms with Crippen LogP contribution in [0.25, 0.3) is 0 Å². The number of hydrogen-bond acceptors (Lipinski definition) is 5. The van der Waals surface area contributed by atoms with E-state index in [9.17, 15) is 9.59 Å². The zero-order valence-electron chi connectivity index (χ0n) is 14.4. The van der Waals surface area contributed by atoms with Gasteiger partial charge in [0.1, 0.15) is 11.8 Å². The van der Waals surface area contributed by atoms with Gasteiger partial charge in [0, 0.05) is 24.3 Å². The lowest BCUT2D eigenvalue weighted by molar-refractivity contribution is -0.139. The summed E-state index contributed by atoms with van der Waals surface area (Å²) in [5.74, 6) is 1.86. The fraction of sp³-hybridized carbons (Fsp3) is 0.688. The minimum absolute atomic E-state index is 0.0417. The molecule has 1 aliphatic heterocycles. The van der Waals surface area contributed by atoms with Crippen molar-refractivity contribution in [1.29, 1.82) is 0 Å². The van der Waals surface area contributed by atoms with E-state index in [0.29, 0.717) is 30.4 Å². The van der Waals surface area contributed by atoms with Crippen LogP contribution in [0, 0.1) is 19.3 Å². The van der Waals surface area contributed by atoms with Crippen LogP contribution in [0.3, 0.4) is 0 Å². The minimum Gasteiger partial charge on any atom is -0.361 e. The Kier molecular flexibility index (Phi) is 5.39. The summed E-state index contributed by atoms with van der Waals surface area (Å²) in [7, 11) is 0.